The molecule has 0 saturated carbocycles. The van der Waals surface area contributed by atoms with Crippen LogP contribution >= 0.6 is 27.3 Å². The summed E-state index contributed by atoms with van der Waals surface area (Å²) in [6.07, 6.45) is 5.10. The maximum Gasteiger partial charge on any atom is 0.0827 e. The number of nitrogens with zero attached hydrogens (tertiary/aromatic N) is 3. The normalized spacial score (nSPS) is 10.9. The summed E-state index contributed by atoms with van der Waals surface area (Å²) < 4.78 is 3.02. The lowest BCUT2D eigenvalue weighted by Gasteiger charge is -1.97. The van der Waals surface area contributed by atoms with Gasteiger partial charge in [0.2, 0.25) is 0 Å². The number of hydrogen-bond acceptors (Lipinski definition) is 4. The molecule has 2 aromatic heterocycles. The smallest absolute Gasteiger partial charge is 0.0827 e. The molecule has 0 amide bonds. The van der Waals surface area contributed by atoms with Gasteiger partial charge in [0.1, 0.15) is 0 Å². The third kappa shape index (κ3) is 3.62. The summed E-state index contributed by atoms with van der Waals surface area (Å²) >= 11 is 5.24. The van der Waals surface area contributed by atoms with Crippen LogP contribution in [0.15, 0.2) is 22.1 Å². The van der Waals surface area contributed by atoms with E-state index >= 15 is 0 Å². The summed E-state index contributed by atoms with van der Waals surface area (Å²) in [5.41, 5.74) is 6.51. The molecule has 2 rings (SSSR count). The summed E-state index contributed by atoms with van der Waals surface area (Å²) in [5.74, 6) is 0. The van der Waals surface area contributed by atoms with Gasteiger partial charge in [0.25, 0.3) is 0 Å². The minimum absolute atomic E-state index is 0.746. The van der Waals surface area contributed by atoms with Crippen molar-refractivity contribution in [3.05, 3.63) is 32.7 Å². The highest BCUT2D eigenvalue weighted by molar-refractivity contribution is 9.10. The van der Waals surface area contributed by atoms with Gasteiger partial charge in [-0.15, -0.1) is 16.4 Å². The van der Waals surface area contributed by atoms with Crippen LogP contribution in [0.5, 0.6) is 0 Å². The highest BCUT2D eigenvalue weighted by Gasteiger charge is 2.05. The van der Waals surface area contributed by atoms with Gasteiger partial charge in [-0.2, -0.15) is 0 Å². The topological polar surface area (TPSA) is 56.7 Å². The average Bonchev–Trinajstić information content (AvgIpc) is 2.91. The molecule has 6 heteroatoms. The number of unbranched alkanes of at least 4 members (excludes halogenated alkanes) is 1. The van der Waals surface area contributed by atoms with E-state index in [2.05, 4.69) is 37.7 Å². The van der Waals surface area contributed by atoms with Crippen LogP contribution in [0, 0.1) is 0 Å². The van der Waals surface area contributed by atoms with Crippen molar-refractivity contribution in [3.8, 4) is 0 Å². The molecule has 0 fully saturated rings. The lowest BCUT2D eigenvalue weighted by Crippen LogP contribution is -1.99. The van der Waals surface area contributed by atoms with Gasteiger partial charge < -0.3 is 5.73 Å². The first-order chi connectivity index (χ1) is 8.29. The van der Waals surface area contributed by atoms with E-state index < -0.39 is 0 Å². The standard InChI is InChI=1S/C11H15BrN4S/c12-10-4-6-17-11(10)8-16-7-9(14-15-16)3-1-2-5-13/h4,6-7H,1-3,5,8,13H2. The van der Waals surface area contributed by atoms with E-state index in [1.165, 1.54) is 4.88 Å². The first-order valence-corrected chi connectivity index (χ1v) is 7.28. The number of nitrogens with two attached hydrogens (primary N) is 1. The third-order valence-corrected chi connectivity index (χ3v) is 4.38. The van der Waals surface area contributed by atoms with E-state index in [4.69, 9.17) is 5.73 Å². The minimum Gasteiger partial charge on any atom is -0.330 e. The van der Waals surface area contributed by atoms with E-state index in [0.717, 1.165) is 42.5 Å². The molecule has 2 N–H and O–H groups in total. The van der Waals surface area contributed by atoms with Crippen LogP contribution in [0.3, 0.4) is 0 Å². The first-order valence-electron chi connectivity index (χ1n) is 5.60. The second-order valence-corrected chi connectivity index (χ2v) is 5.70. The lowest BCUT2D eigenvalue weighted by atomic mass is 10.2. The molecule has 2 aromatic rings. The largest absolute Gasteiger partial charge is 0.330 e. The van der Waals surface area contributed by atoms with E-state index in [-0.39, 0.29) is 0 Å². The van der Waals surface area contributed by atoms with E-state index in [1.54, 1.807) is 11.3 Å². The zero-order chi connectivity index (χ0) is 12.1. The van der Waals surface area contributed by atoms with Crippen LogP contribution in [-0.2, 0) is 13.0 Å². The van der Waals surface area contributed by atoms with Gasteiger partial charge in [-0.3, -0.25) is 0 Å². The molecule has 92 valence electrons. The van der Waals surface area contributed by atoms with E-state index in [9.17, 15) is 0 Å². The fourth-order valence-corrected chi connectivity index (χ4v) is 3.03. The Morgan fingerprint density at radius 1 is 1.41 bits per heavy atom. The first kappa shape index (κ1) is 12.7. The van der Waals surface area contributed by atoms with Crippen molar-refractivity contribution in [2.75, 3.05) is 6.54 Å². The van der Waals surface area contributed by atoms with Crippen molar-refractivity contribution < 1.29 is 0 Å². The van der Waals surface area contributed by atoms with Gasteiger partial charge in [-0.25, -0.2) is 4.68 Å². The molecule has 0 aromatic carbocycles. The Balaban J connectivity index is 1.92. The van der Waals surface area contributed by atoms with Crippen LogP contribution in [0.1, 0.15) is 23.4 Å². The Morgan fingerprint density at radius 2 is 2.29 bits per heavy atom. The van der Waals surface area contributed by atoms with Gasteiger partial charge in [0, 0.05) is 15.5 Å². The number of aryl methyl sites for hydroxylation is 1. The maximum atomic E-state index is 5.46. The van der Waals surface area contributed by atoms with Crippen molar-refractivity contribution >= 4 is 27.3 Å². The molecule has 0 atom stereocenters. The quantitative estimate of drug-likeness (QED) is 0.833. The summed E-state index contributed by atoms with van der Waals surface area (Å²) in [5, 5.41) is 10.4. The van der Waals surface area contributed by atoms with Gasteiger partial charge in [-0.1, -0.05) is 5.21 Å². The van der Waals surface area contributed by atoms with Crippen LogP contribution in [0.25, 0.3) is 0 Å². The van der Waals surface area contributed by atoms with Gasteiger partial charge in [-0.05, 0) is 53.2 Å². The Bertz CT molecular complexity index is 465. The average molecular weight is 315 g/mol. The highest BCUT2D eigenvalue weighted by Crippen LogP contribution is 2.23. The highest BCUT2D eigenvalue weighted by atomic mass is 79.9. The summed E-state index contributed by atoms with van der Waals surface area (Å²) in [6.45, 7) is 1.53. The number of hydrogen-bond donors (Lipinski definition) is 1. The van der Waals surface area contributed by atoms with Crippen LogP contribution in [0.2, 0.25) is 0 Å². The number of rotatable bonds is 6. The zero-order valence-corrected chi connectivity index (χ0v) is 11.9. The fraction of sp³-hybridized carbons (Fsp3) is 0.455. The van der Waals surface area contributed by atoms with Gasteiger partial charge in [0.05, 0.1) is 12.2 Å². The molecule has 0 radical (unpaired) electrons. The Labute approximate surface area is 113 Å². The molecule has 0 saturated heterocycles. The van der Waals surface area contributed by atoms with Crippen molar-refractivity contribution in [1.82, 2.24) is 15.0 Å². The fourth-order valence-electron chi connectivity index (χ4n) is 1.57. The Hall–Kier alpha value is -0.720. The Kier molecular flexibility index (Phi) is 4.70. The predicted octanol–water partition coefficient (Wildman–Crippen LogP) is 2.43. The molecule has 4 nitrogen and oxygen atoms in total. The molecule has 17 heavy (non-hydrogen) atoms. The molecular weight excluding hydrogens is 300 g/mol. The van der Waals surface area contributed by atoms with Gasteiger partial charge in [0.15, 0.2) is 0 Å². The monoisotopic (exact) mass is 314 g/mol. The van der Waals surface area contributed by atoms with Crippen LogP contribution in [-0.4, -0.2) is 21.5 Å². The molecular formula is C11H15BrN4S. The maximum absolute atomic E-state index is 5.46. The van der Waals surface area contributed by atoms with Crippen molar-refractivity contribution in [1.29, 1.82) is 0 Å². The minimum atomic E-state index is 0.746. The molecule has 0 unspecified atom stereocenters. The van der Waals surface area contributed by atoms with Crippen molar-refractivity contribution in [3.63, 3.8) is 0 Å². The van der Waals surface area contributed by atoms with Gasteiger partial charge >= 0.3 is 0 Å². The van der Waals surface area contributed by atoms with Crippen molar-refractivity contribution in [2.24, 2.45) is 5.73 Å². The number of halogens is 1. The third-order valence-electron chi connectivity index (χ3n) is 2.47. The molecule has 2 heterocycles. The zero-order valence-electron chi connectivity index (χ0n) is 9.47. The molecule has 0 aliphatic carbocycles. The summed E-state index contributed by atoms with van der Waals surface area (Å²) in [7, 11) is 0. The van der Waals surface area contributed by atoms with E-state index in [1.807, 2.05) is 10.9 Å². The molecule has 0 spiro atoms. The molecule has 0 aliphatic heterocycles. The number of thiophene rings is 1. The van der Waals surface area contributed by atoms with Crippen LogP contribution < -0.4 is 5.73 Å². The molecule has 0 bridgehead atoms. The lowest BCUT2D eigenvalue weighted by molar-refractivity contribution is 0.653. The van der Waals surface area contributed by atoms with Crippen LogP contribution in [0.4, 0.5) is 0 Å². The molecule has 0 aliphatic rings. The predicted molar refractivity (Wildman–Crippen MR) is 73.1 cm³/mol. The Morgan fingerprint density at radius 3 is 3.00 bits per heavy atom. The number of aromatic nitrogens is 3. The SMILES string of the molecule is NCCCCc1cn(Cc2sccc2Br)nn1. The van der Waals surface area contributed by atoms with E-state index in [0.29, 0.717) is 0 Å². The summed E-state index contributed by atoms with van der Waals surface area (Å²) in [6, 6.07) is 2.05. The van der Waals surface area contributed by atoms with Crippen molar-refractivity contribution in [2.45, 2.75) is 25.8 Å². The second-order valence-electron chi connectivity index (χ2n) is 3.84. The second kappa shape index (κ2) is 6.28. The summed E-state index contributed by atoms with van der Waals surface area (Å²) in [4.78, 5) is 1.27.